The van der Waals surface area contributed by atoms with Crippen molar-refractivity contribution in [3.8, 4) is 5.75 Å². The molecule has 0 aliphatic heterocycles. The van der Waals surface area contributed by atoms with Gasteiger partial charge >= 0.3 is 0 Å². The van der Waals surface area contributed by atoms with E-state index >= 15 is 0 Å². The predicted octanol–water partition coefficient (Wildman–Crippen LogP) is 4.51. The van der Waals surface area contributed by atoms with Gasteiger partial charge in [-0.2, -0.15) is 4.98 Å². The van der Waals surface area contributed by atoms with Crippen LogP contribution in [0.2, 0.25) is 0 Å². The number of amides is 1. The van der Waals surface area contributed by atoms with Crippen LogP contribution in [0.25, 0.3) is 0 Å². The van der Waals surface area contributed by atoms with Crippen molar-refractivity contribution in [1.29, 1.82) is 0 Å². The number of hydrogen-bond donors (Lipinski definition) is 3. The van der Waals surface area contributed by atoms with Crippen molar-refractivity contribution < 1.29 is 9.53 Å². The topological polar surface area (TPSA) is 101 Å². The largest absolute Gasteiger partial charge is 0.497 e. The molecule has 36 heavy (non-hydrogen) atoms. The van der Waals surface area contributed by atoms with Crippen molar-refractivity contribution in [3.05, 3.63) is 102 Å². The van der Waals surface area contributed by atoms with E-state index in [-0.39, 0.29) is 5.91 Å². The van der Waals surface area contributed by atoms with Crippen LogP contribution in [0.15, 0.2) is 85.1 Å². The van der Waals surface area contributed by atoms with Gasteiger partial charge in [0, 0.05) is 48.7 Å². The molecule has 2 aromatic heterocycles. The van der Waals surface area contributed by atoms with Gasteiger partial charge in [0.05, 0.1) is 7.11 Å². The number of aromatic nitrogens is 3. The summed E-state index contributed by atoms with van der Waals surface area (Å²) in [4.78, 5) is 26.7. The number of ether oxygens (including phenoxy) is 1. The molecule has 8 nitrogen and oxygen atoms in total. The third-order valence-corrected chi connectivity index (χ3v) is 5.52. The third kappa shape index (κ3) is 7.27. The summed E-state index contributed by atoms with van der Waals surface area (Å²) in [7, 11) is 1.61. The molecule has 1 atom stereocenters. The van der Waals surface area contributed by atoms with Crippen molar-refractivity contribution in [1.82, 2.24) is 15.0 Å². The van der Waals surface area contributed by atoms with Gasteiger partial charge in [-0.25, -0.2) is 4.98 Å². The summed E-state index contributed by atoms with van der Waals surface area (Å²) >= 11 is 0. The van der Waals surface area contributed by atoms with E-state index in [1.54, 1.807) is 13.3 Å². The number of anilines is 3. The molecule has 1 amide bonds. The van der Waals surface area contributed by atoms with Crippen LogP contribution < -0.4 is 20.7 Å². The number of rotatable bonds is 11. The number of carbonyl (C=O) groups is 1. The lowest BCUT2D eigenvalue weighted by Crippen LogP contribution is -2.37. The average molecular weight is 483 g/mol. The molecule has 0 fully saturated rings. The number of aryl methyl sites for hydroxylation is 1. The van der Waals surface area contributed by atoms with Crippen LogP contribution in [0.3, 0.4) is 0 Å². The number of methoxy groups -OCH3 is 1. The van der Waals surface area contributed by atoms with Crippen LogP contribution >= 0.6 is 0 Å². The molecule has 2 heterocycles. The smallest absolute Gasteiger partial charge is 0.247 e. The molecule has 2 aromatic carbocycles. The molecule has 0 saturated heterocycles. The van der Waals surface area contributed by atoms with Gasteiger partial charge in [-0.05, 0) is 48.9 Å². The highest BCUT2D eigenvalue weighted by molar-refractivity contribution is 5.96. The maximum absolute atomic E-state index is 13.3. The molecule has 0 aliphatic rings. The van der Waals surface area contributed by atoms with Gasteiger partial charge in [-0.15, -0.1) is 0 Å². The van der Waals surface area contributed by atoms with E-state index < -0.39 is 6.04 Å². The fourth-order valence-electron chi connectivity index (χ4n) is 3.71. The number of pyridine rings is 1. The molecule has 0 radical (unpaired) electrons. The van der Waals surface area contributed by atoms with Gasteiger partial charge in [-0.3, -0.25) is 9.78 Å². The molecule has 4 aromatic rings. The highest BCUT2D eigenvalue weighted by atomic mass is 16.5. The summed E-state index contributed by atoms with van der Waals surface area (Å²) in [5.41, 5.74) is 3.52. The lowest BCUT2D eigenvalue weighted by Gasteiger charge is -2.20. The Morgan fingerprint density at radius 1 is 0.972 bits per heavy atom. The Labute approximate surface area is 211 Å². The quantitative estimate of drug-likeness (QED) is 0.289. The molecule has 184 valence electrons. The van der Waals surface area contributed by atoms with Gasteiger partial charge in [0.1, 0.15) is 17.6 Å². The minimum Gasteiger partial charge on any atom is -0.497 e. The molecule has 0 saturated carbocycles. The van der Waals surface area contributed by atoms with Crippen molar-refractivity contribution in [3.63, 3.8) is 0 Å². The lowest BCUT2D eigenvalue weighted by atomic mass is 10.0. The Morgan fingerprint density at radius 2 is 1.75 bits per heavy atom. The van der Waals surface area contributed by atoms with E-state index in [0.29, 0.717) is 30.4 Å². The second-order valence-electron chi connectivity index (χ2n) is 8.32. The second kappa shape index (κ2) is 12.3. The van der Waals surface area contributed by atoms with Gasteiger partial charge in [0.25, 0.3) is 0 Å². The lowest BCUT2D eigenvalue weighted by molar-refractivity contribution is -0.116. The van der Waals surface area contributed by atoms with Gasteiger partial charge in [-0.1, -0.05) is 36.4 Å². The zero-order chi connectivity index (χ0) is 25.2. The van der Waals surface area contributed by atoms with Crippen molar-refractivity contribution in [2.24, 2.45) is 0 Å². The van der Waals surface area contributed by atoms with E-state index in [2.05, 4.69) is 30.9 Å². The number of carbonyl (C=O) groups excluding carboxylic acids is 1. The fourth-order valence-corrected chi connectivity index (χ4v) is 3.71. The summed E-state index contributed by atoms with van der Waals surface area (Å²) in [6.45, 7) is 2.55. The maximum atomic E-state index is 13.3. The molecule has 0 unspecified atom stereocenters. The minimum atomic E-state index is -0.551. The van der Waals surface area contributed by atoms with Crippen molar-refractivity contribution in [2.75, 3.05) is 29.6 Å². The van der Waals surface area contributed by atoms with E-state index in [1.165, 1.54) is 0 Å². The fraction of sp³-hybridized carbons (Fsp3) is 0.214. The number of nitrogens with one attached hydrogen (secondary N) is 3. The Bertz CT molecular complexity index is 1250. The van der Waals surface area contributed by atoms with Crippen LogP contribution in [0.1, 0.15) is 17.0 Å². The van der Waals surface area contributed by atoms with E-state index in [4.69, 9.17) is 4.74 Å². The summed E-state index contributed by atoms with van der Waals surface area (Å²) < 4.78 is 5.21. The first-order valence-corrected chi connectivity index (χ1v) is 11.8. The summed E-state index contributed by atoms with van der Waals surface area (Å²) in [6, 6.07) is 24.3. The molecule has 8 heteroatoms. The SMILES string of the molecule is COc1ccc(NC(=O)[C@H](Cc2ccccc2)Nc2cc(C)nc(NCCc3ccccn3)n2)cc1. The Kier molecular flexibility index (Phi) is 8.43. The average Bonchev–Trinajstić information content (AvgIpc) is 2.90. The maximum Gasteiger partial charge on any atom is 0.247 e. The number of benzene rings is 2. The summed E-state index contributed by atoms with van der Waals surface area (Å²) in [5, 5.41) is 9.57. The van der Waals surface area contributed by atoms with E-state index in [9.17, 15) is 4.79 Å². The van der Waals surface area contributed by atoms with Gasteiger partial charge in [0.15, 0.2) is 0 Å². The van der Waals surface area contributed by atoms with Crippen LogP contribution in [-0.2, 0) is 17.6 Å². The third-order valence-electron chi connectivity index (χ3n) is 5.52. The standard InChI is InChI=1S/C28H30N6O2/c1-20-18-26(34-28(31-20)30-17-15-22-10-6-7-16-29-22)33-25(19-21-8-4-3-5-9-21)27(35)32-23-11-13-24(36-2)14-12-23/h3-14,16,18,25H,15,17,19H2,1-2H3,(H,32,35)(H2,30,31,33,34)/t25-/m0/s1. The molecule has 4 rings (SSSR count). The summed E-state index contributed by atoms with van der Waals surface area (Å²) in [5.74, 6) is 1.65. The van der Waals surface area contributed by atoms with Crippen LogP contribution in [0.5, 0.6) is 5.75 Å². The first-order valence-electron chi connectivity index (χ1n) is 11.8. The van der Waals surface area contributed by atoms with E-state index in [0.717, 1.165) is 29.1 Å². The highest BCUT2D eigenvalue weighted by Crippen LogP contribution is 2.18. The minimum absolute atomic E-state index is 0.162. The van der Waals surface area contributed by atoms with Crippen molar-refractivity contribution >= 4 is 23.4 Å². The van der Waals surface area contributed by atoms with Crippen LogP contribution in [-0.4, -0.2) is 40.6 Å². The summed E-state index contributed by atoms with van der Waals surface area (Å²) in [6.07, 6.45) is 3.03. The molecule has 0 aliphatic carbocycles. The zero-order valence-electron chi connectivity index (χ0n) is 20.4. The number of nitrogens with zero attached hydrogens (tertiary/aromatic N) is 3. The molecule has 0 spiro atoms. The molecular weight excluding hydrogens is 452 g/mol. The van der Waals surface area contributed by atoms with E-state index in [1.807, 2.05) is 85.8 Å². The monoisotopic (exact) mass is 482 g/mol. The first kappa shape index (κ1) is 24.7. The Hall–Kier alpha value is -4.46. The Morgan fingerprint density at radius 3 is 2.47 bits per heavy atom. The van der Waals surface area contributed by atoms with Gasteiger partial charge in [0.2, 0.25) is 11.9 Å². The normalized spacial score (nSPS) is 11.4. The van der Waals surface area contributed by atoms with Gasteiger partial charge < -0.3 is 20.7 Å². The second-order valence-corrected chi connectivity index (χ2v) is 8.32. The van der Waals surface area contributed by atoms with Crippen molar-refractivity contribution in [2.45, 2.75) is 25.8 Å². The molecular formula is C28H30N6O2. The number of hydrogen-bond acceptors (Lipinski definition) is 7. The highest BCUT2D eigenvalue weighted by Gasteiger charge is 2.20. The molecule has 3 N–H and O–H groups in total. The zero-order valence-corrected chi connectivity index (χ0v) is 20.4. The molecule has 0 bridgehead atoms. The van der Waals surface area contributed by atoms with Crippen LogP contribution in [0.4, 0.5) is 17.5 Å². The predicted molar refractivity (Wildman–Crippen MR) is 142 cm³/mol. The van der Waals surface area contributed by atoms with Crippen LogP contribution in [0, 0.1) is 6.92 Å². The first-order chi connectivity index (χ1) is 17.6. The Balaban J connectivity index is 1.47.